The Bertz CT molecular complexity index is 804. The SMILES string of the molecule is Cc1ccccc1S(=O)(=O)Nc1cc(C(F)(F)F)ccc1Cl. The molecule has 0 saturated heterocycles. The van der Waals surface area contributed by atoms with Crippen LogP contribution in [0.4, 0.5) is 18.9 Å². The second-order valence-corrected chi connectivity index (χ2v) is 6.62. The van der Waals surface area contributed by atoms with Crippen LogP contribution in [0.1, 0.15) is 11.1 Å². The summed E-state index contributed by atoms with van der Waals surface area (Å²) in [4.78, 5) is -0.0246. The zero-order valence-corrected chi connectivity index (χ0v) is 12.9. The predicted molar refractivity (Wildman–Crippen MR) is 78.4 cm³/mol. The minimum Gasteiger partial charge on any atom is -0.278 e. The molecule has 0 aliphatic carbocycles. The summed E-state index contributed by atoms with van der Waals surface area (Å²) in [5, 5.41) is -0.120. The average molecular weight is 350 g/mol. The lowest BCUT2D eigenvalue weighted by molar-refractivity contribution is -0.137. The van der Waals surface area contributed by atoms with Gasteiger partial charge in [-0.15, -0.1) is 0 Å². The Morgan fingerprint density at radius 1 is 1.09 bits per heavy atom. The zero-order chi connectivity index (χ0) is 16.5. The van der Waals surface area contributed by atoms with Crippen molar-refractivity contribution in [1.29, 1.82) is 0 Å². The highest BCUT2D eigenvalue weighted by Gasteiger charge is 2.31. The molecule has 0 amide bonds. The number of hydrogen-bond acceptors (Lipinski definition) is 2. The van der Waals surface area contributed by atoms with Gasteiger partial charge in [-0.1, -0.05) is 29.8 Å². The van der Waals surface area contributed by atoms with Crippen molar-refractivity contribution in [3.8, 4) is 0 Å². The summed E-state index contributed by atoms with van der Waals surface area (Å²) in [6, 6.07) is 8.58. The summed E-state index contributed by atoms with van der Waals surface area (Å²) in [6.45, 7) is 1.59. The predicted octanol–water partition coefficient (Wildman–Crippen LogP) is 4.47. The van der Waals surface area contributed by atoms with Gasteiger partial charge in [0.2, 0.25) is 0 Å². The molecule has 0 unspecified atom stereocenters. The third-order valence-electron chi connectivity index (χ3n) is 2.92. The van der Waals surface area contributed by atoms with Crippen molar-refractivity contribution < 1.29 is 21.6 Å². The lowest BCUT2D eigenvalue weighted by Crippen LogP contribution is -2.15. The molecule has 0 bridgehead atoms. The maximum absolute atomic E-state index is 12.7. The summed E-state index contributed by atoms with van der Waals surface area (Å²) in [6.07, 6.45) is -4.59. The second kappa shape index (κ2) is 5.81. The van der Waals surface area contributed by atoms with Gasteiger partial charge >= 0.3 is 6.18 Å². The molecule has 0 atom stereocenters. The molecule has 2 aromatic rings. The van der Waals surface area contributed by atoms with Gasteiger partial charge in [0.15, 0.2) is 0 Å². The van der Waals surface area contributed by atoms with Crippen LogP contribution in [0.3, 0.4) is 0 Å². The third kappa shape index (κ3) is 3.53. The van der Waals surface area contributed by atoms with Crippen LogP contribution in [0.15, 0.2) is 47.4 Å². The normalized spacial score (nSPS) is 12.2. The van der Waals surface area contributed by atoms with Crippen LogP contribution in [0.2, 0.25) is 5.02 Å². The molecule has 2 aromatic carbocycles. The number of anilines is 1. The van der Waals surface area contributed by atoms with E-state index in [1.54, 1.807) is 19.1 Å². The Hall–Kier alpha value is -1.73. The maximum Gasteiger partial charge on any atom is 0.416 e. The fourth-order valence-corrected chi connectivity index (χ4v) is 3.38. The lowest BCUT2D eigenvalue weighted by atomic mass is 10.2. The molecule has 0 spiro atoms. The molecule has 1 N–H and O–H groups in total. The second-order valence-electron chi connectivity index (χ2n) is 4.56. The Balaban J connectivity index is 2.44. The number of benzene rings is 2. The van der Waals surface area contributed by atoms with Crippen LogP contribution in [0.25, 0.3) is 0 Å². The van der Waals surface area contributed by atoms with Crippen molar-refractivity contribution >= 4 is 27.3 Å². The van der Waals surface area contributed by atoms with E-state index in [-0.39, 0.29) is 15.6 Å². The largest absolute Gasteiger partial charge is 0.416 e. The van der Waals surface area contributed by atoms with Crippen LogP contribution >= 0.6 is 11.6 Å². The average Bonchev–Trinajstić information content (AvgIpc) is 2.40. The van der Waals surface area contributed by atoms with Gasteiger partial charge in [-0.3, -0.25) is 4.72 Å². The van der Waals surface area contributed by atoms with E-state index in [4.69, 9.17) is 11.6 Å². The molecule has 118 valence electrons. The van der Waals surface area contributed by atoms with Gasteiger partial charge < -0.3 is 0 Å². The highest BCUT2D eigenvalue weighted by Crippen LogP contribution is 2.34. The molecular formula is C14H11ClF3NO2S. The molecule has 3 nitrogen and oxygen atoms in total. The van der Waals surface area contributed by atoms with E-state index in [0.717, 1.165) is 12.1 Å². The number of nitrogens with one attached hydrogen (secondary N) is 1. The molecule has 2 rings (SSSR count). The summed E-state index contributed by atoms with van der Waals surface area (Å²) < 4.78 is 64.8. The summed E-state index contributed by atoms with van der Waals surface area (Å²) in [5.41, 5.74) is -0.836. The van der Waals surface area contributed by atoms with Crippen LogP contribution in [-0.2, 0) is 16.2 Å². The smallest absolute Gasteiger partial charge is 0.278 e. The number of halogens is 4. The van der Waals surface area contributed by atoms with Crippen molar-refractivity contribution in [2.24, 2.45) is 0 Å². The van der Waals surface area contributed by atoms with Gasteiger partial charge in [0.1, 0.15) is 0 Å². The number of hydrogen-bond donors (Lipinski definition) is 1. The van der Waals surface area contributed by atoms with E-state index < -0.39 is 21.8 Å². The molecule has 8 heteroatoms. The van der Waals surface area contributed by atoms with Crippen molar-refractivity contribution in [2.45, 2.75) is 18.0 Å². The van der Waals surface area contributed by atoms with Gasteiger partial charge in [0, 0.05) is 0 Å². The molecule has 0 aromatic heterocycles. The first-order valence-electron chi connectivity index (χ1n) is 6.06. The molecule has 0 fully saturated rings. The Morgan fingerprint density at radius 2 is 1.73 bits per heavy atom. The molecule has 0 aliphatic heterocycles. The van der Waals surface area contributed by atoms with Crippen molar-refractivity contribution in [2.75, 3.05) is 4.72 Å². The summed E-state index contributed by atoms with van der Waals surface area (Å²) >= 11 is 5.79. The van der Waals surface area contributed by atoms with Gasteiger partial charge in [-0.2, -0.15) is 13.2 Å². The fourth-order valence-electron chi connectivity index (χ4n) is 1.84. The molecule has 0 radical (unpaired) electrons. The Kier molecular flexibility index (Phi) is 4.39. The number of aryl methyl sites for hydroxylation is 1. The number of rotatable bonds is 3. The summed E-state index contributed by atoms with van der Waals surface area (Å²) in [7, 11) is -4.03. The minimum atomic E-state index is -4.59. The Labute approximate surface area is 130 Å². The monoisotopic (exact) mass is 349 g/mol. The Morgan fingerprint density at radius 3 is 2.32 bits per heavy atom. The maximum atomic E-state index is 12.7. The lowest BCUT2D eigenvalue weighted by Gasteiger charge is -2.14. The van der Waals surface area contributed by atoms with E-state index in [1.165, 1.54) is 12.1 Å². The molecule has 22 heavy (non-hydrogen) atoms. The standard InChI is InChI=1S/C14H11ClF3NO2S/c1-9-4-2-3-5-13(9)22(20,21)19-12-8-10(14(16,17)18)6-7-11(12)15/h2-8,19H,1H3. The van der Waals surface area contributed by atoms with E-state index in [2.05, 4.69) is 4.72 Å². The van der Waals surface area contributed by atoms with Gasteiger partial charge in [0.05, 0.1) is 21.2 Å². The fraction of sp³-hybridized carbons (Fsp3) is 0.143. The van der Waals surface area contributed by atoms with Crippen molar-refractivity contribution in [1.82, 2.24) is 0 Å². The van der Waals surface area contributed by atoms with Crippen LogP contribution < -0.4 is 4.72 Å². The van der Waals surface area contributed by atoms with Crippen LogP contribution in [0, 0.1) is 6.92 Å². The quantitative estimate of drug-likeness (QED) is 0.888. The van der Waals surface area contributed by atoms with Crippen LogP contribution in [0.5, 0.6) is 0 Å². The highest BCUT2D eigenvalue weighted by atomic mass is 35.5. The number of sulfonamides is 1. The molecule has 0 saturated carbocycles. The van der Waals surface area contributed by atoms with Gasteiger partial charge in [-0.25, -0.2) is 8.42 Å². The van der Waals surface area contributed by atoms with Crippen molar-refractivity contribution in [3.63, 3.8) is 0 Å². The van der Waals surface area contributed by atoms with Crippen molar-refractivity contribution in [3.05, 3.63) is 58.6 Å². The van der Waals surface area contributed by atoms with E-state index in [0.29, 0.717) is 11.6 Å². The third-order valence-corrected chi connectivity index (χ3v) is 4.78. The van der Waals surface area contributed by atoms with E-state index in [1.807, 2.05) is 0 Å². The summed E-state index contributed by atoms with van der Waals surface area (Å²) in [5.74, 6) is 0. The first kappa shape index (κ1) is 16.6. The molecule has 0 aliphatic rings. The van der Waals surface area contributed by atoms with Crippen LogP contribution in [-0.4, -0.2) is 8.42 Å². The molecular weight excluding hydrogens is 339 g/mol. The number of alkyl halides is 3. The zero-order valence-electron chi connectivity index (χ0n) is 11.3. The first-order chi connectivity index (χ1) is 10.1. The topological polar surface area (TPSA) is 46.2 Å². The first-order valence-corrected chi connectivity index (χ1v) is 7.92. The minimum absolute atomic E-state index is 0.0246. The highest BCUT2D eigenvalue weighted by molar-refractivity contribution is 7.92. The molecule has 0 heterocycles. The van der Waals surface area contributed by atoms with Gasteiger partial charge in [-0.05, 0) is 36.8 Å². The van der Waals surface area contributed by atoms with E-state index in [9.17, 15) is 21.6 Å². The van der Waals surface area contributed by atoms with Gasteiger partial charge in [0.25, 0.3) is 10.0 Å². The van der Waals surface area contributed by atoms with E-state index >= 15 is 0 Å².